The Labute approximate surface area is 114 Å². The van der Waals surface area contributed by atoms with E-state index in [-0.39, 0.29) is 0 Å². The first kappa shape index (κ1) is 13.0. The SMILES string of the molecule is C[C@@H]1[C@H](C)[C@@H]2CB3CCC[C@H](C)C3[C@H](C)N2[C@@H]1C. The summed E-state index contributed by atoms with van der Waals surface area (Å²) in [6.45, 7) is 13.5. The van der Waals surface area contributed by atoms with Gasteiger partial charge in [0.25, 0.3) is 0 Å². The summed E-state index contributed by atoms with van der Waals surface area (Å²) in [7, 11) is 0. The summed E-state index contributed by atoms with van der Waals surface area (Å²) >= 11 is 0. The smallest absolute Gasteiger partial charge is 0.146 e. The van der Waals surface area contributed by atoms with Crippen molar-refractivity contribution in [2.75, 3.05) is 0 Å². The van der Waals surface area contributed by atoms with E-state index < -0.39 is 0 Å². The van der Waals surface area contributed by atoms with E-state index in [0.717, 1.165) is 48.4 Å². The average molecular weight is 247 g/mol. The minimum Gasteiger partial charge on any atom is -0.296 e. The summed E-state index contributed by atoms with van der Waals surface area (Å²) in [6, 6.07) is 2.51. The minimum absolute atomic E-state index is 0.801. The molecular weight excluding hydrogens is 217 g/mol. The number of fused-ring (bicyclic) bond motifs is 2. The second kappa shape index (κ2) is 4.54. The third kappa shape index (κ3) is 1.71. The molecule has 0 radical (unpaired) electrons. The summed E-state index contributed by atoms with van der Waals surface area (Å²) < 4.78 is 0. The zero-order chi connectivity index (χ0) is 13.0. The topological polar surface area (TPSA) is 3.24 Å². The van der Waals surface area contributed by atoms with E-state index in [2.05, 4.69) is 39.5 Å². The first-order valence-electron chi connectivity index (χ1n) is 8.29. The zero-order valence-corrected chi connectivity index (χ0v) is 12.9. The maximum absolute atomic E-state index is 2.92. The zero-order valence-electron chi connectivity index (χ0n) is 12.9. The standard InChI is InChI=1S/C16H30BN/c1-10-7-6-8-17-9-15-12(3)11(2)13(4)18(15)14(5)16(10)17/h10-16H,6-9H2,1-5H3/t10-,11+,12-,13+,14-,15-,16?/m0/s1. The molecule has 3 fully saturated rings. The molecule has 0 aliphatic carbocycles. The lowest BCUT2D eigenvalue weighted by Gasteiger charge is -2.51. The van der Waals surface area contributed by atoms with Gasteiger partial charge in [-0.25, -0.2) is 0 Å². The van der Waals surface area contributed by atoms with Crippen molar-refractivity contribution in [2.24, 2.45) is 17.8 Å². The van der Waals surface area contributed by atoms with Gasteiger partial charge in [0, 0.05) is 18.1 Å². The summed E-state index contributed by atoms with van der Waals surface area (Å²) in [5.41, 5.74) is 0. The minimum atomic E-state index is 0.801. The van der Waals surface area contributed by atoms with Crippen LogP contribution < -0.4 is 0 Å². The van der Waals surface area contributed by atoms with Crippen LogP contribution in [0.5, 0.6) is 0 Å². The van der Waals surface area contributed by atoms with Gasteiger partial charge in [0.05, 0.1) is 0 Å². The second-order valence-electron chi connectivity index (χ2n) is 7.70. The number of hydrogen-bond donors (Lipinski definition) is 0. The normalized spacial score (nSPS) is 53.2. The predicted molar refractivity (Wildman–Crippen MR) is 80.4 cm³/mol. The van der Waals surface area contributed by atoms with Crippen LogP contribution in [0.1, 0.15) is 47.5 Å². The Hall–Kier alpha value is 0.0249. The molecule has 1 nitrogen and oxygen atoms in total. The highest BCUT2D eigenvalue weighted by molar-refractivity contribution is 6.61. The van der Waals surface area contributed by atoms with Crippen molar-refractivity contribution in [3.8, 4) is 0 Å². The Morgan fingerprint density at radius 2 is 1.67 bits per heavy atom. The molecule has 2 heteroatoms. The third-order valence-corrected chi connectivity index (χ3v) is 7.06. The molecule has 3 rings (SSSR count). The third-order valence-electron chi connectivity index (χ3n) is 7.06. The van der Waals surface area contributed by atoms with Crippen molar-refractivity contribution in [2.45, 2.75) is 84.0 Å². The Morgan fingerprint density at radius 1 is 0.944 bits per heavy atom. The van der Waals surface area contributed by atoms with Crippen LogP contribution in [0.4, 0.5) is 0 Å². The van der Waals surface area contributed by atoms with Gasteiger partial charge in [-0.3, -0.25) is 4.90 Å². The van der Waals surface area contributed by atoms with Crippen LogP contribution >= 0.6 is 0 Å². The lowest BCUT2D eigenvalue weighted by molar-refractivity contribution is 0.105. The van der Waals surface area contributed by atoms with E-state index in [4.69, 9.17) is 0 Å². The van der Waals surface area contributed by atoms with Crippen molar-refractivity contribution in [1.82, 2.24) is 4.90 Å². The Morgan fingerprint density at radius 3 is 2.39 bits per heavy atom. The van der Waals surface area contributed by atoms with Gasteiger partial charge in [-0.15, -0.1) is 0 Å². The van der Waals surface area contributed by atoms with E-state index in [1.165, 1.54) is 25.5 Å². The van der Waals surface area contributed by atoms with Crippen LogP contribution in [-0.2, 0) is 0 Å². The monoisotopic (exact) mass is 247 g/mol. The molecule has 3 heterocycles. The molecule has 0 aromatic rings. The molecule has 0 aromatic carbocycles. The molecule has 3 aliphatic heterocycles. The fraction of sp³-hybridized carbons (Fsp3) is 1.00. The molecule has 0 spiro atoms. The van der Waals surface area contributed by atoms with Crippen molar-refractivity contribution in [3.63, 3.8) is 0 Å². The molecule has 7 atom stereocenters. The quantitative estimate of drug-likeness (QED) is 0.584. The summed E-state index contributed by atoms with van der Waals surface area (Å²) in [5, 5.41) is 0. The highest BCUT2D eigenvalue weighted by Crippen LogP contribution is 2.51. The van der Waals surface area contributed by atoms with E-state index in [9.17, 15) is 0 Å². The summed E-state index contributed by atoms with van der Waals surface area (Å²) in [5.74, 6) is 3.72. The lowest BCUT2D eigenvalue weighted by atomic mass is 9.28. The Kier molecular flexibility index (Phi) is 3.29. The van der Waals surface area contributed by atoms with Crippen LogP contribution in [0, 0.1) is 17.8 Å². The number of hydrogen-bond acceptors (Lipinski definition) is 1. The molecule has 3 saturated heterocycles. The van der Waals surface area contributed by atoms with Gasteiger partial charge in [-0.1, -0.05) is 46.3 Å². The van der Waals surface area contributed by atoms with E-state index >= 15 is 0 Å². The van der Waals surface area contributed by atoms with Crippen molar-refractivity contribution >= 4 is 6.71 Å². The van der Waals surface area contributed by atoms with Crippen LogP contribution in [0.25, 0.3) is 0 Å². The van der Waals surface area contributed by atoms with Crippen molar-refractivity contribution in [3.05, 3.63) is 0 Å². The van der Waals surface area contributed by atoms with Crippen LogP contribution in [0.15, 0.2) is 0 Å². The second-order valence-corrected chi connectivity index (χ2v) is 7.70. The Bertz CT molecular complexity index is 318. The highest BCUT2D eigenvalue weighted by atomic mass is 15.3. The largest absolute Gasteiger partial charge is 0.296 e. The van der Waals surface area contributed by atoms with E-state index in [0.29, 0.717) is 0 Å². The summed E-state index contributed by atoms with van der Waals surface area (Å²) in [6.07, 6.45) is 5.97. The molecule has 3 aliphatic rings. The first-order chi connectivity index (χ1) is 8.52. The van der Waals surface area contributed by atoms with E-state index in [1.807, 2.05) is 0 Å². The maximum atomic E-state index is 2.92. The molecular formula is C16H30BN. The van der Waals surface area contributed by atoms with Gasteiger partial charge < -0.3 is 0 Å². The van der Waals surface area contributed by atoms with Gasteiger partial charge >= 0.3 is 0 Å². The van der Waals surface area contributed by atoms with Crippen molar-refractivity contribution in [1.29, 1.82) is 0 Å². The molecule has 0 amide bonds. The summed E-state index contributed by atoms with van der Waals surface area (Å²) in [4.78, 5) is 2.92. The molecule has 0 N–H and O–H groups in total. The lowest BCUT2D eigenvalue weighted by Crippen LogP contribution is -2.56. The van der Waals surface area contributed by atoms with Gasteiger partial charge in [0.15, 0.2) is 0 Å². The van der Waals surface area contributed by atoms with Gasteiger partial charge in [0.1, 0.15) is 6.71 Å². The van der Waals surface area contributed by atoms with E-state index in [1.54, 1.807) is 0 Å². The fourth-order valence-electron chi connectivity index (χ4n) is 5.85. The van der Waals surface area contributed by atoms with Crippen molar-refractivity contribution < 1.29 is 0 Å². The molecule has 1 unspecified atom stereocenters. The number of rotatable bonds is 0. The highest BCUT2D eigenvalue weighted by Gasteiger charge is 2.53. The Balaban J connectivity index is 1.88. The molecule has 0 bridgehead atoms. The van der Waals surface area contributed by atoms with Gasteiger partial charge in [-0.2, -0.15) is 0 Å². The fourth-order valence-corrected chi connectivity index (χ4v) is 5.85. The first-order valence-corrected chi connectivity index (χ1v) is 8.29. The molecule has 0 aromatic heterocycles. The predicted octanol–water partition coefficient (Wildman–Crippen LogP) is 4.03. The maximum Gasteiger partial charge on any atom is 0.146 e. The molecule has 0 saturated carbocycles. The van der Waals surface area contributed by atoms with Crippen LogP contribution in [0.3, 0.4) is 0 Å². The van der Waals surface area contributed by atoms with Gasteiger partial charge in [-0.05, 0) is 37.4 Å². The van der Waals surface area contributed by atoms with Gasteiger partial charge in [0.2, 0.25) is 0 Å². The molecule has 18 heavy (non-hydrogen) atoms. The van der Waals surface area contributed by atoms with Crippen LogP contribution in [0.2, 0.25) is 18.5 Å². The average Bonchev–Trinajstić information content (AvgIpc) is 2.55. The van der Waals surface area contributed by atoms with Crippen LogP contribution in [-0.4, -0.2) is 29.7 Å². The number of nitrogens with zero attached hydrogens (tertiary/aromatic N) is 1. The molecule has 102 valence electrons.